The van der Waals surface area contributed by atoms with Crippen LogP contribution in [-0.2, 0) is 13.1 Å². The molecule has 0 spiro atoms. The van der Waals surface area contributed by atoms with E-state index >= 15 is 0 Å². The van der Waals surface area contributed by atoms with Gasteiger partial charge in [-0.05, 0) is 47.5 Å². The summed E-state index contributed by atoms with van der Waals surface area (Å²) in [5.41, 5.74) is 1.86. The highest BCUT2D eigenvalue weighted by molar-refractivity contribution is 7.15. The van der Waals surface area contributed by atoms with Crippen LogP contribution in [0.3, 0.4) is 0 Å². The highest BCUT2D eigenvalue weighted by atomic mass is 32.1. The largest absolute Gasteiger partial charge is 0.336 e. The quantitative estimate of drug-likeness (QED) is 0.395. The van der Waals surface area contributed by atoms with E-state index in [2.05, 4.69) is 11.0 Å². The van der Waals surface area contributed by atoms with Gasteiger partial charge >= 0.3 is 0 Å². The molecule has 0 bridgehead atoms. The van der Waals surface area contributed by atoms with Crippen molar-refractivity contribution < 1.29 is 9.18 Å². The van der Waals surface area contributed by atoms with Crippen molar-refractivity contribution >= 4 is 17.2 Å². The van der Waals surface area contributed by atoms with E-state index in [0.29, 0.717) is 19.6 Å². The summed E-state index contributed by atoms with van der Waals surface area (Å²) >= 11 is 1.66. The lowest BCUT2D eigenvalue weighted by atomic mass is 10.2. The van der Waals surface area contributed by atoms with Crippen LogP contribution in [0.4, 0.5) is 4.39 Å². The highest BCUT2D eigenvalue weighted by Crippen LogP contribution is 2.29. The fourth-order valence-corrected chi connectivity index (χ4v) is 5.41. The summed E-state index contributed by atoms with van der Waals surface area (Å²) in [6, 6.07) is 23.9. The maximum Gasteiger partial charge on any atom is 0.263 e. The normalized spacial score (nSPS) is 14.3. The molecule has 1 aliphatic heterocycles. The minimum Gasteiger partial charge on any atom is -0.336 e. The van der Waals surface area contributed by atoms with Crippen molar-refractivity contribution in [1.29, 1.82) is 0 Å². The van der Waals surface area contributed by atoms with Crippen LogP contribution in [0.5, 0.6) is 0 Å². The third-order valence-corrected chi connectivity index (χ3v) is 7.38. The third-order valence-electron chi connectivity index (χ3n) is 6.26. The fraction of sp³-hybridized carbons (Fsp3) is 0.214. The van der Waals surface area contributed by atoms with Gasteiger partial charge in [-0.3, -0.25) is 14.5 Å². The van der Waals surface area contributed by atoms with Crippen LogP contribution in [0.15, 0.2) is 89.9 Å². The van der Waals surface area contributed by atoms with Gasteiger partial charge in [-0.15, -0.1) is 11.3 Å². The second-order valence-electron chi connectivity index (χ2n) is 8.69. The molecule has 0 N–H and O–H groups in total. The monoisotopic (exact) mass is 487 g/mol. The molecule has 178 valence electrons. The predicted molar refractivity (Wildman–Crippen MR) is 137 cm³/mol. The number of amides is 1. The molecule has 1 fully saturated rings. The maximum atomic E-state index is 13.5. The summed E-state index contributed by atoms with van der Waals surface area (Å²) in [5, 5.41) is 0. The van der Waals surface area contributed by atoms with Gasteiger partial charge in [0.15, 0.2) is 0 Å². The summed E-state index contributed by atoms with van der Waals surface area (Å²) < 4.78 is 15.1. The molecular formula is C28H26FN3O2S. The van der Waals surface area contributed by atoms with Gasteiger partial charge in [0, 0.05) is 48.7 Å². The number of hydrogen-bond donors (Lipinski definition) is 0. The molecule has 0 saturated carbocycles. The van der Waals surface area contributed by atoms with Crippen LogP contribution in [0.2, 0.25) is 0 Å². The van der Waals surface area contributed by atoms with Gasteiger partial charge in [-0.25, -0.2) is 4.39 Å². The van der Waals surface area contributed by atoms with Crippen LogP contribution >= 0.6 is 11.3 Å². The van der Waals surface area contributed by atoms with Gasteiger partial charge in [0.2, 0.25) is 0 Å². The van der Waals surface area contributed by atoms with E-state index in [4.69, 9.17) is 0 Å². The minimum absolute atomic E-state index is 0.207. The first-order valence-electron chi connectivity index (χ1n) is 11.7. The Labute approximate surface area is 207 Å². The van der Waals surface area contributed by atoms with Gasteiger partial charge in [-0.1, -0.05) is 42.5 Å². The number of nitrogens with zero attached hydrogens (tertiary/aromatic N) is 3. The smallest absolute Gasteiger partial charge is 0.263 e. The minimum atomic E-state index is -0.257. The van der Waals surface area contributed by atoms with E-state index in [0.717, 1.165) is 35.6 Å². The molecule has 5 nitrogen and oxygen atoms in total. The zero-order chi connectivity index (χ0) is 24.2. The van der Waals surface area contributed by atoms with Crippen molar-refractivity contribution in [2.45, 2.75) is 13.1 Å². The number of rotatable bonds is 6. The number of carbonyl (C=O) groups excluding carboxylic acids is 1. The molecule has 2 aromatic carbocycles. The lowest BCUT2D eigenvalue weighted by Crippen LogP contribution is -2.49. The third kappa shape index (κ3) is 5.42. The second kappa shape index (κ2) is 10.4. The molecule has 7 heteroatoms. The molecule has 1 aliphatic rings. The van der Waals surface area contributed by atoms with Crippen molar-refractivity contribution in [3.8, 4) is 10.4 Å². The van der Waals surface area contributed by atoms with Crippen molar-refractivity contribution in [2.24, 2.45) is 0 Å². The van der Waals surface area contributed by atoms with Crippen LogP contribution < -0.4 is 5.56 Å². The summed E-state index contributed by atoms with van der Waals surface area (Å²) in [4.78, 5) is 32.5. The SMILES string of the molecule is O=C(c1cccn(Cc2ccccc2)c1=O)N1CCN(Cc2ccc(-c3cccc(F)c3)s2)CC1. The van der Waals surface area contributed by atoms with Gasteiger partial charge in [0.05, 0.1) is 6.54 Å². The zero-order valence-corrected chi connectivity index (χ0v) is 20.1. The Bertz CT molecular complexity index is 1370. The number of benzene rings is 2. The number of aromatic nitrogens is 1. The lowest BCUT2D eigenvalue weighted by Gasteiger charge is -2.34. The van der Waals surface area contributed by atoms with Crippen LogP contribution in [0.1, 0.15) is 20.8 Å². The van der Waals surface area contributed by atoms with E-state index in [-0.39, 0.29) is 22.8 Å². The molecule has 1 amide bonds. The molecule has 2 aromatic heterocycles. The van der Waals surface area contributed by atoms with Gasteiger partial charge in [0.1, 0.15) is 11.4 Å². The predicted octanol–water partition coefficient (Wildman–Crippen LogP) is 4.72. The van der Waals surface area contributed by atoms with E-state index in [1.165, 1.54) is 10.9 Å². The first-order chi connectivity index (χ1) is 17.1. The zero-order valence-electron chi connectivity index (χ0n) is 19.3. The molecule has 0 atom stereocenters. The first kappa shape index (κ1) is 23.2. The number of hydrogen-bond acceptors (Lipinski definition) is 4. The number of pyridine rings is 1. The van der Waals surface area contributed by atoms with E-state index < -0.39 is 0 Å². The second-order valence-corrected chi connectivity index (χ2v) is 9.85. The van der Waals surface area contributed by atoms with E-state index in [1.807, 2.05) is 42.5 Å². The maximum absolute atomic E-state index is 13.5. The Balaban J connectivity index is 1.20. The Morgan fingerprint density at radius 1 is 0.857 bits per heavy atom. The Morgan fingerprint density at radius 3 is 2.43 bits per heavy atom. The van der Waals surface area contributed by atoms with Crippen molar-refractivity contribution in [2.75, 3.05) is 26.2 Å². The average Bonchev–Trinajstić information content (AvgIpc) is 3.35. The van der Waals surface area contributed by atoms with Crippen LogP contribution in [-0.4, -0.2) is 46.5 Å². The van der Waals surface area contributed by atoms with Crippen molar-refractivity contribution in [3.63, 3.8) is 0 Å². The lowest BCUT2D eigenvalue weighted by molar-refractivity contribution is 0.0627. The Hall–Kier alpha value is -3.55. The number of thiophene rings is 1. The van der Waals surface area contributed by atoms with E-state index in [9.17, 15) is 14.0 Å². The van der Waals surface area contributed by atoms with Gasteiger partial charge < -0.3 is 9.47 Å². The standard InChI is InChI=1S/C28H26FN3O2S/c29-23-9-4-8-22(18-23)26-12-11-24(35-26)20-30-14-16-31(17-15-30)27(33)25-10-5-13-32(28(25)34)19-21-6-2-1-3-7-21/h1-13,18H,14-17,19-20H2. The summed E-state index contributed by atoms with van der Waals surface area (Å²) in [7, 11) is 0. The average molecular weight is 488 g/mol. The summed E-state index contributed by atoms with van der Waals surface area (Å²) in [6.45, 7) is 3.86. The van der Waals surface area contributed by atoms with Crippen molar-refractivity contribution in [3.05, 3.63) is 117 Å². The molecule has 1 saturated heterocycles. The highest BCUT2D eigenvalue weighted by Gasteiger charge is 2.24. The van der Waals surface area contributed by atoms with Gasteiger partial charge in [-0.2, -0.15) is 0 Å². The van der Waals surface area contributed by atoms with E-state index in [1.54, 1.807) is 51.3 Å². The molecule has 5 rings (SSSR count). The molecule has 0 unspecified atom stereocenters. The Morgan fingerprint density at radius 2 is 1.66 bits per heavy atom. The summed E-state index contributed by atoms with van der Waals surface area (Å²) in [6.07, 6.45) is 1.73. The number of halogens is 1. The van der Waals surface area contributed by atoms with Crippen LogP contribution in [0, 0.1) is 5.82 Å². The van der Waals surface area contributed by atoms with Crippen LogP contribution in [0.25, 0.3) is 10.4 Å². The molecule has 4 aromatic rings. The fourth-order valence-electron chi connectivity index (χ4n) is 4.36. The molecular weight excluding hydrogens is 461 g/mol. The molecule has 35 heavy (non-hydrogen) atoms. The first-order valence-corrected chi connectivity index (χ1v) is 12.5. The van der Waals surface area contributed by atoms with Gasteiger partial charge in [0.25, 0.3) is 11.5 Å². The number of carbonyl (C=O) groups is 1. The van der Waals surface area contributed by atoms with Crippen molar-refractivity contribution in [1.82, 2.24) is 14.4 Å². The topological polar surface area (TPSA) is 45.6 Å². The molecule has 3 heterocycles. The number of piperazine rings is 1. The summed E-state index contributed by atoms with van der Waals surface area (Å²) in [5.74, 6) is -0.440. The Kier molecular flexibility index (Phi) is 6.88. The molecule has 0 radical (unpaired) electrons. The molecule has 0 aliphatic carbocycles.